The van der Waals surface area contributed by atoms with Gasteiger partial charge in [0.1, 0.15) is 5.52 Å². The highest BCUT2D eigenvalue weighted by molar-refractivity contribution is 5.87. The Labute approximate surface area is 138 Å². The second kappa shape index (κ2) is 6.23. The molecular formula is C16H17N7O. The number of rotatable bonds is 3. The Morgan fingerprint density at radius 3 is 2.92 bits per heavy atom. The number of nitrogens with one attached hydrogen (secondary N) is 2. The molecule has 24 heavy (non-hydrogen) atoms. The Kier molecular flexibility index (Phi) is 3.78. The first-order valence-electron chi connectivity index (χ1n) is 7.92. The van der Waals surface area contributed by atoms with Gasteiger partial charge in [-0.1, -0.05) is 0 Å². The minimum absolute atomic E-state index is 0.159. The fourth-order valence-corrected chi connectivity index (χ4v) is 3.03. The Hall–Kier alpha value is -3.03. The molecule has 3 aromatic heterocycles. The van der Waals surface area contributed by atoms with Crippen LogP contribution in [0.25, 0.3) is 10.9 Å². The molecule has 0 aliphatic carbocycles. The normalized spacial score (nSPS) is 17.8. The second-order valence-electron chi connectivity index (χ2n) is 5.77. The number of anilines is 2. The molecule has 0 bridgehead atoms. The van der Waals surface area contributed by atoms with Gasteiger partial charge in [0.2, 0.25) is 5.95 Å². The Bertz CT molecular complexity index is 896. The molecule has 0 radical (unpaired) electrons. The van der Waals surface area contributed by atoms with Gasteiger partial charge in [-0.05, 0) is 25.0 Å². The molecule has 122 valence electrons. The number of hydrogen-bond donors (Lipinski definition) is 2. The zero-order valence-corrected chi connectivity index (χ0v) is 13.0. The average molecular weight is 323 g/mol. The smallest absolute Gasteiger partial charge is 0.258 e. The number of aromatic nitrogens is 5. The molecule has 1 fully saturated rings. The first kappa shape index (κ1) is 14.6. The van der Waals surface area contributed by atoms with Crippen LogP contribution in [0.3, 0.4) is 0 Å². The summed E-state index contributed by atoms with van der Waals surface area (Å²) >= 11 is 0. The van der Waals surface area contributed by atoms with Crippen molar-refractivity contribution >= 4 is 22.7 Å². The molecule has 0 saturated carbocycles. The van der Waals surface area contributed by atoms with Gasteiger partial charge in [-0.15, -0.1) is 0 Å². The molecule has 1 aliphatic rings. The summed E-state index contributed by atoms with van der Waals surface area (Å²) in [6.07, 6.45) is 8.59. The summed E-state index contributed by atoms with van der Waals surface area (Å²) < 4.78 is 0. The van der Waals surface area contributed by atoms with Gasteiger partial charge >= 0.3 is 0 Å². The van der Waals surface area contributed by atoms with Crippen LogP contribution in [-0.2, 0) is 0 Å². The zero-order chi connectivity index (χ0) is 16.4. The van der Waals surface area contributed by atoms with E-state index in [0.29, 0.717) is 16.7 Å². The van der Waals surface area contributed by atoms with E-state index in [1.165, 1.54) is 6.33 Å². The Morgan fingerprint density at radius 2 is 2.04 bits per heavy atom. The highest BCUT2D eigenvalue weighted by Crippen LogP contribution is 2.21. The second-order valence-corrected chi connectivity index (χ2v) is 5.77. The molecule has 4 rings (SSSR count). The van der Waals surface area contributed by atoms with E-state index in [9.17, 15) is 4.79 Å². The van der Waals surface area contributed by atoms with Crippen LogP contribution in [0.4, 0.5) is 11.8 Å². The van der Waals surface area contributed by atoms with Gasteiger partial charge in [-0.3, -0.25) is 4.79 Å². The van der Waals surface area contributed by atoms with Crippen LogP contribution in [0.2, 0.25) is 0 Å². The van der Waals surface area contributed by atoms with E-state index in [4.69, 9.17) is 0 Å². The van der Waals surface area contributed by atoms with Gasteiger partial charge in [-0.2, -0.15) is 0 Å². The summed E-state index contributed by atoms with van der Waals surface area (Å²) in [4.78, 5) is 33.9. The van der Waals surface area contributed by atoms with Crippen molar-refractivity contribution in [1.82, 2.24) is 24.9 Å². The molecule has 4 heterocycles. The minimum Gasteiger partial charge on any atom is -0.364 e. The summed E-state index contributed by atoms with van der Waals surface area (Å²) in [5.41, 5.74) is 0.433. The van der Waals surface area contributed by atoms with E-state index >= 15 is 0 Å². The summed E-state index contributed by atoms with van der Waals surface area (Å²) in [5.74, 6) is 1.38. The Balaban J connectivity index is 1.57. The van der Waals surface area contributed by atoms with Gasteiger partial charge in [-0.25, -0.2) is 19.9 Å². The molecule has 8 nitrogen and oxygen atoms in total. The SMILES string of the molecule is O=c1[nH]cnc2c(NC3CCCN(c4ncccn4)C3)nccc12. The molecule has 1 saturated heterocycles. The van der Waals surface area contributed by atoms with Crippen molar-refractivity contribution in [2.75, 3.05) is 23.3 Å². The zero-order valence-electron chi connectivity index (χ0n) is 13.0. The van der Waals surface area contributed by atoms with Crippen LogP contribution in [-0.4, -0.2) is 44.1 Å². The molecule has 0 spiro atoms. The highest BCUT2D eigenvalue weighted by Gasteiger charge is 2.22. The van der Waals surface area contributed by atoms with Crippen LogP contribution in [0, 0.1) is 0 Å². The van der Waals surface area contributed by atoms with Crippen molar-refractivity contribution in [2.45, 2.75) is 18.9 Å². The predicted molar refractivity (Wildman–Crippen MR) is 91.0 cm³/mol. The highest BCUT2D eigenvalue weighted by atomic mass is 16.1. The van der Waals surface area contributed by atoms with E-state index in [1.54, 1.807) is 24.7 Å². The summed E-state index contributed by atoms with van der Waals surface area (Å²) in [6.45, 7) is 1.72. The maximum absolute atomic E-state index is 11.9. The maximum Gasteiger partial charge on any atom is 0.258 e. The monoisotopic (exact) mass is 323 g/mol. The van der Waals surface area contributed by atoms with Crippen molar-refractivity contribution < 1.29 is 0 Å². The molecule has 1 aliphatic heterocycles. The molecule has 0 amide bonds. The fourth-order valence-electron chi connectivity index (χ4n) is 3.03. The van der Waals surface area contributed by atoms with E-state index in [2.05, 4.69) is 35.1 Å². The Morgan fingerprint density at radius 1 is 1.17 bits per heavy atom. The van der Waals surface area contributed by atoms with Crippen molar-refractivity contribution in [3.63, 3.8) is 0 Å². The van der Waals surface area contributed by atoms with E-state index in [-0.39, 0.29) is 11.6 Å². The van der Waals surface area contributed by atoms with E-state index < -0.39 is 0 Å². The molecule has 1 unspecified atom stereocenters. The van der Waals surface area contributed by atoms with E-state index in [0.717, 1.165) is 31.9 Å². The summed E-state index contributed by atoms with van der Waals surface area (Å²) in [6, 6.07) is 3.69. The first-order valence-corrected chi connectivity index (χ1v) is 7.92. The van der Waals surface area contributed by atoms with Crippen molar-refractivity contribution in [3.05, 3.63) is 47.4 Å². The number of nitrogens with zero attached hydrogens (tertiary/aromatic N) is 5. The van der Waals surface area contributed by atoms with Crippen LogP contribution in [0.5, 0.6) is 0 Å². The lowest BCUT2D eigenvalue weighted by molar-refractivity contribution is 0.522. The third-order valence-electron chi connectivity index (χ3n) is 4.16. The molecular weight excluding hydrogens is 306 g/mol. The van der Waals surface area contributed by atoms with Gasteiger partial charge in [0.25, 0.3) is 5.56 Å². The van der Waals surface area contributed by atoms with Crippen molar-refractivity contribution in [3.8, 4) is 0 Å². The molecule has 1 atom stereocenters. The van der Waals surface area contributed by atoms with Crippen LogP contribution >= 0.6 is 0 Å². The third kappa shape index (κ3) is 2.78. The lowest BCUT2D eigenvalue weighted by Crippen LogP contribution is -2.43. The maximum atomic E-state index is 11.9. The van der Waals surface area contributed by atoms with Gasteiger partial charge in [0.05, 0.1) is 11.7 Å². The lowest BCUT2D eigenvalue weighted by atomic mass is 10.1. The summed E-state index contributed by atoms with van der Waals surface area (Å²) in [5, 5.41) is 3.96. The average Bonchev–Trinajstić information content (AvgIpc) is 2.64. The summed E-state index contributed by atoms with van der Waals surface area (Å²) in [7, 11) is 0. The number of aromatic amines is 1. The first-order chi connectivity index (χ1) is 11.8. The number of hydrogen-bond acceptors (Lipinski definition) is 7. The standard InChI is InChI=1S/C16H17N7O/c24-15-12-4-7-17-14(13(12)20-10-21-15)22-11-3-1-8-23(9-11)16-18-5-2-6-19-16/h2,4-7,10-11H,1,3,8-9H2,(H,17,22)(H,20,21,24). The quantitative estimate of drug-likeness (QED) is 0.747. The molecule has 0 aromatic carbocycles. The van der Waals surface area contributed by atoms with Crippen molar-refractivity contribution in [2.24, 2.45) is 0 Å². The van der Waals surface area contributed by atoms with Gasteiger partial charge in [0.15, 0.2) is 5.82 Å². The number of piperidine rings is 1. The van der Waals surface area contributed by atoms with Crippen molar-refractivity contribution in [1.29, 1.82) is 0 Å². The lowest BCUT2D eigenvalue weighted by Gasteiger charge is -2.33. The number of pyridine rings is 1. The number of fused-ring (bicyclic) bond motifs is 1. The van der Waals surface area contributed by atoms with Crippen LogP contribution in [0.1, 0.15) is 12.8 Å². The molecule has 2 N–H and O–H groups in total. The largest absolute Gasteiger partial charge is 0.364 e. The minimum atomic E-state index is -0.159. The topological polar surface area (TPSA) is 99.7 Å². The molecule has 3 aromatic rings. The fraction of sp³-hybridized carbons (Fsp3) is 0.312. The predicted octanol–water partition coefficient (Wildman–Crippen LogP) is 1.19. The van der Waals surface area contributed by atoms with Gasteiger partial charge in [0, 0.05) is 37.7 Å². The van der Waals surface area contributed by atoms with Crippen LogP contribution < -0.4 is 15.8 Å². The number of H-pyrrole nitrogens is 1. The van der Waals surface area contributed by atoms with Crippen LogP contribution in [0.15, 0.2) is 41.8 Å². The van der Waals surface area contributed by atoms with E-state index in [1.807, 2.05) is 6.07 Å². The third-order valence-corrected chi connectivity index (χ3v) is 4.16. The molecule has 8 heteroatoms. The van der Waals surface area contributed by atoms with Gasteiger partial charge < -0.3 is 15.2 Å².